The Hall–Kier alpha value is -2.07. The summed E-state index contributed by atoms with van der Waals surface area (Å²) in [6.45, 7) is 2.28. The van der Waals surface area contributed by atoms with E-state index in [1.807, 2.05) is 0 Å². The van der Waals surface area contributed by atoms with Gasteiger partial charge < -0.3 is 0 Å². The second kappa shape index (κ2) is 8.86. The molecule has 2 aromatic rings. The predicted octanol–water partition coefficient (Wildman–Crippen LogP) is 6.69. The van der Waals surface area contributed by atoms with Crippen LogP contribution >= 0.6 is 0 Å². The molecular formula is C24H27F. The first-order valence-electron chi connectivity index (χ1n) is 9.62. The highest BCUT2D eigenvalue weighted by Crippen LogP contribution is 2.37. The highest BCUT2D eigenvalue weighted by molar-refractivity contribution is 5.43. The molecule has 0 radical (unpaired) electrons. The summed E-state index contributed by atoms with van der Waals surface area (Å²) in [6, 6.07) is 15.1. The van der Waals surface area contributed by atoms with Crippen LogP contribution in [0.5, 0.6) is 0 Å². The highest BCUT2D eigenvalue weighted by atomic mass is 19.1. The molecule has 0 nitrogen and oxygen atoms in total. The molecule has 0 bridgehead atoms. The number of hydrogen-bond donors (Lipinski definition) is 0. The Morgan fingerprint density at radius 1 is 0.840 bits per heavy atom. The molecule has 1 aliphatic rings. The molecule has 0 atom stereocenters. The van der Waals surface area contributed by atoms with Crippen molar-refractivity contribution in [3.63, 3.8) is 0 Å². The molecule has 0 amide bonds. The van der Waals surface area contributed by atoms with Gasteiger partial charge in [-0.25, -0.2) is 4.39 Å². The average Bonchev–Trinajstić information content (AvgIpc) is 2.67. The Kier molecular flexibility index (Phi) is 6.29. The van der Waals surface area contributed by atoms with E-state index in [0.29, 0.717) is 0 Å². The van der Waals surface area contributed by atoms with Crippen LogP contribution in [0.25, 0.3) is 0 Å². The Morgan fingerprint density at radius 2 is 1.40 bits per heavy atom. The molecule has 0 unspecified atom stereocenters. The minimum absolute atomic E-state index is 0.223. The molecule has 1 heteroatoms. The highest BCUT2D eigenvalue weighted by Gasteiger charge is 2.21. The maximum Gasteiger partial charge on any atom is 0.123 e. The third-order valence-corrected chi connectivity index (χ3v) is 5.39. The average molecular weight is 334 g/mol. The first kappa shape index (κ1) is 17.7. The van der Waals surface area contributed by atoms with Crippen LogP contribution in [-0.4, -0.2) is 0 Å². The lowest BCUT2D eigenvalue weighted by molar-refractivity contribution is 0.304. The van der Waals surface area contributed by atoms with Gasteiger partial charge >= 0.3 is 0 Å². The third-order valence-electron chi connectivity index (χ3n) is 5.39. The van der Waals surface area contributed by atoms with E-state index in [-0.39, 0.29) is 5.82 Å². The minimum Gasteiger partial charge on any atom is -0.207 e. The standard InChI is InChI=1S/C24H27F/c1-2-3-4-19-7-13-22(14-8-19)23-15-9-20(10-16-23)5-6-21-11-17-24(25)18-12-21/h9-12,15-19,22H,2-4,7-8,13-14H2,1H3. The van der Waals surface area contributed by atoms with Crippen molar-refractivity contribution in [1.82, 2.24) is 0 Å². The molecule has 1 aliphatic carbocycles. The van der Waals surface area contributed by atoms with Gasteiger partial charge in [0.05, 0.1) is 0 Å². The summed E-state index contributed by atoms with van der Waals surface area (Å²) in [5.41, 5.74) is 3.32. The molecule has 1 fully saturated rings. The predicted molar refractivity (Wildman–Crippen MR) is 103 cm³/mol. The van der Waals surface area contributed by atoms with Crippen molar-refractivity contribution in [2.75, 3.05) is 0 Å². The summed E-state index contributed by atoms with van der Waals surface area (Å²) in [6.07, 6.45) is 9.55. The maximum atomic E-state index is 12.9. The largest absolute Gasteiger partial charge is 0.207 e. The van der Waals surface area contributed by atoms with E-state index in [2.05, 4.69) is 43.0 Å². The normalized spacial score (nSPS) is 19.9. The van der Waals surface area contributed by atoms with Crippen LogP contribution in [-0.2, 0) is 0 Å². The summed E-state index contributed by atoms with van der Waals surface area (Å²) in [5.74, 6) is 7.72. The lowest BCUT2D eigenvalue weighted by Gasteiger charge is -2.28. The van der Waals surface area contributed by atoms with Crippen LogP contribution in [0.4, 0.5) is 4.39 Å². The van der Waals surface area contributed by atoms with Crippen molar-refractivity contribution < 1.29 is 4.39 Å². The summed E-state index contributed by atoms with van der Waals surface area (Å²) in [4.78, 5) is 0. The van der Waals surface area contributed by atoms with Crippen molar-refractivity contribution in [2.45, 2.75) is 57.8 Å². The zero-order valence-corrected chi connectivity index (χ0v) is 15.1. The molecule has 0 aliphatic heterocycles. The first-order valence-corrected chi connectivity index (χ1v) is 9.62. The van der Waals surface area contributed by atoms with E-state index in [9.17, 15) is 4.39 Å². The van der Waals surface area contributed by atoms with Gasteiger partial charge in [0, 0.05) is 11.1 Å². The van der Waals surface area contributed by atoms with Gasteiger partial charge in [-0.1, -0.05) is 50.2 Å². The van der Waals surface area contributed by atoms with Crippen LogP contribution in [0.15, 0.2) is 48.5 Å². The first-order chi connectivity index (χ1) is 12.2. The number of halogens is 1. The van der Waals surface area contributed by atoms with E-state index in [4.69, 9.17) is 0 Å². The molecule has 0 spiro atoms. The van der Waals surface area contributed by atoms with Crippen molar-refractivity contribution >= 4 is 0 Å². The molecule has 2 aromatic carbocycles. The maximum absolute atomic E-state index is 12.9. The fourth-order valence-corrected chi connectivity index (χ4v) is 3.79. The summed E-state index contributed by atoms with van der Waals surface area (Å²) in [7, 11) is 0. The van der Waals surface area contributed by atoms with Gasteiger partial charge in [0.25, 0.3) is 0 Å². The summed E-state index contributed by atoms with van der Waals surface area (Å²) < 4.78 is 12.9. The van der Waals surface area contributed by atoms with Gasteiger partial charge in [0.15, 0.2) is 0 Å². The van der Waals surface area contributed by atoms with Crippen molar-refractivity contribution in [2.24, 2.45) is 5.92 Å². The number of rotatable bonds is 4. The number of unbranched alkanes of at least 4 members (excludes halogenated alkanes) is 1. The quantitative estimate of drug-likeness (QED) is 0.546. The van der Waals surface area contributed by atoms with Crippen LogP contribution in [0, 0.1) is 23.6 Å². The van der Waals surface area contributed by atoms with Gasteiger partial charge in [-0.3, -0.25) is 0 Å². The Labute approximate surface area is 151 Å². The van der Waals surface area contributed by atoms with Crippen molar-refractivity contribution in [3.8, 4) is 11.8 Å². The van der Waals surface area contributed by atoms with E-state index < -0.39 is 0 Å². The Balaban J connectivity index is 1.57. The molecule has 0 heterocycles. The molecule has 0 aromatic heterocycles. The van der Waals surface area contributed by atoms with Gasteiger partial charge in [-0.2, -0.15) is 0 Å². The molecule has 130 valence electrons. The number of benzene rings is 2. The monoisotopic (exact) mass is 334 g/mol. The van der Waals surface area contributed by atoms with Gasteiger partial charge in [0.2, 0.25) is 0 Å². The van der Waals surface area contributed by atoms with E-state index in [1.54, 1.807) is 12.1 Å². The fraction of sp³-hybridized carbons (Fsp3) is 0.417. The van der Waals surface area contributed by atoms with E-state index in [0.717, 1.165) is 23.0 Å². The van der Waals surface area contributed by atoms with Crippen LogP contribution in [0.1, 0.15) is 74.5 Å². The molecule has 0 N–H and O–H groups in total. The van der Waals surface area contributed by atoms with E-state index in [1.165, 1.54) is 62.6 Å². The summed E-state index contributed by atoms with van der Waals surface area (Å²) in [5, 5.41) is 0. The zero-order chi connectivity index (χ0) is 17.5. The lowest BCUT2D eigenvalue weighted by Crippen LogP contribution is -2.13. The molecular weight excluding hydrogens is 307 g/mol. The number of hydrogen-bond acceptors (Lipinski definition) is 0. The molecule has 0 saturated heterocycles. The summed E-state index contributed by atoms with van der Waals surface area (Å²) >= 11 is 0. The topological polar surface area (TPSA) is 0 Å². The molecule has 3 rings (SSSR count). The van der Waals surface area contributed by atoms with Gasteiger partial charge in [0.1, 0.15) is 5.82 Å². The van der Waals surface area contributed by atoms with Crippen LogP contribution < -0.4 is 0 Å². The van der Waals surface area contributed by atoms with Crippen LogP contribution in [0.2, 0.25) is 0 Å². The second-order valence-corrected chi connectivity index (χ2v) is 7.24. The minimum atomic E-state index is -0.223. The Morgan fingerprint density at radius 3 is 1.96 bits per heavy atom. The SMILES string of the molecule is CCCCC1CCC(c2ccc(C#Cc3ccc(F)cc3)cc2)CC1. The van der Waals surface area contributed by atoms with Gasteiger partial charge in [-0.05, 0) is 79.5 Å². The fourth-order valence-electron chi connectivity index (χ4n) is 3.79. The smallest absolute Gasteiger partial charge is 0.123 e. The van der Waals surface area contributed by atoms with Gasteiger partial charge in [-0.15, -0.1) is 0 Å². The third kappa shape index (κ3) is 5.20. The Bertz CT molecular complexity index is 707. The molecule has 1 saturated carbocycles. The second-order valence-electron chi connectivity index (χ2n) is 7.24. The zero-order valence-electron chi connectivity index (χ0n) is 15.1. The lowest BCUT2D eigenvalue weighted by atomic mass is 9.77. The molecule has 25 heavy (non-hydrogen) atoms. The van der Waals surface area contributed by atoms with Crippen molar-refractivity contribution in [1.29, 1.82) is 0 Å². The van der Waals surface area contributed by atoms with E-state index >= 15 is 0 Å². The van der Waals surface area contributed by atoms with Crippen molar-refractivity contribution in [3.05, 3.63) is 71.0 Å². The van der Waals surface area contributed by atoms with Crippen LogP contribution in [0.3, 0.4) is 0 Å².